The van der Waals surface area contributed by atoms with Crippen LogP contribution in [0.5, 0.6) is 5.75 Å². The number of rotatable bonds is 1. The lowest BCUT2D eigenvalue weighted by atomic mass is 9.97. The first-order chi connectivity index (χ1) is 15.6. The topological polar surface area (TPSA) is 117 Å². The van der Waals surface area contributed by atoms with Gasteiger partial charge in [-0.25, -0.2) is 4.98 Å². The lowest BCUT2D eigenvalue weighted by Crippen LogP contribution is -2.25. The fourth-order valence-corrected chi connectivity index (χ4v) is 5.03. The third kappa shape index (κ3) is 2.08. The number of hydrogen-bond donors (Lipinski definition) is 3. The van der Waals surface area contributed by atoms with Crippen LogP contribution in [0.3, 0.4) is 0 Å². The van der Waals surface area contributed by atoms with Gasteiger partial charge in [0.05, 0.1) is 16.5 Å². The summed E-state index contributed by atoms with van der Waals surface area (Å²) in [6.07, 6.45) is 3.59. The number of fused-ring (bicyclic) bond motifs is 4. The highest BCUT2D eigenvalue weighted by Crippen LogP contribution is 2.40. The summed E-state index contributed by atoms with van der Waals surface area (Å²) < 4.78 is 7.86. The van der Waals surface area contributed by atoms with Crippen LogP contribution in [0.4, 0.5) is 0 Å². The van der Waals surface area contributed by atoms with E-state index in [2.05, 4.69) is 21.2 Å². The number of H-pyrrole nitrogens is 2. The van der Waals surface area contributed by atoms with Gasteiger partial charge in [-0.05, 0) is 42.0 Å². The van der Waals surface area contributed by atoms with Crippen molar-refractivity contribution in [1.29, 1.82) is 0 Å². The van der Waals surface area contributed by atoms with Crippen LogP contribution in [0.1, 0.15) is 12.0 Å². The second-order valence-corrected chi connectivity index (χ2v) is 8.20. The van der Waals surface area contributed by atoms with Crippen molar-refractivity contribution < 1.29 is 9.52 Å². The van der Waals surface area contributed by atoms with Gasteiger partial charge >= 0.3 is 0 Å². The van der Waals surface area contributed by atoms with E-state index in [0.29, 0.717) is 45.2 Å². The first kappa shape index (κ1) is 17.4. The van der Waals surface area contributed by atoms with Gasteiger partial charge in [-0.3, -0.25) is 14.7 Å². The van der Waals surface area contributed by atoms with E-state index in [1.165, 1.54) is 11.6 Å². The molecule has 0 radical (unpaired) electrons. The molecule has 0 bridgehead atoms. The number of phenols is 1. The van der Waals surface area contributed by atoms with Gasteiger partial charge in [0.25, 0.3) is 5.56 Å². The van der Waals surface area contributed by atoms with Gasteiger partial charge in [-0.15, -0.1) is 0 Å². The fourth-order valence-electron chi connectivity index (χ4n) is 5.03. The van der Waals surface area contributed by atoms with E-state index >= 15 is 0 Å². The highest BCUT2D eigenvalue weighted by molar-refractivity contribution is 6.15. The monoisotopic (exact) mass is 424 g/mol. The van der Waals surface area contributed by atoms with Gasteiger partial charge in [0.2, 0.25) is 11.2 Å². The molecular weight excluding hydrogens is 408 g/mol. The predicted molar refractivity (Wildman–Crippen MR) is 121 cm³/mol. The van der Waals surface area contributed by atoms with Crippen LogP contribution < -0.4 is 11.0 Å². The van der Waals surface area contributed by atoms with Crippen molar-refractivity contribution in [2.45, 2.75) is 19.4 Å². The highest BCUT2D eigenvalue weighted by atomic mass is 16.4. The molecule has 0 saturated carbocycles. The van der Waals surface area contributed by atoms with Crippen LogP contribution in [-0.2, 0) is 13.0 Å². The number of aryl methyl sites for hydroxylation is 2. The second kappa shape index (κ2) is 5.88. The highest BCUT2D eigenvalue weighted by Gasteiger charge is 2.24. The van der Waals surface area contributed by atoms with Crippen molar-refractivity contribution in [3.8, 4) is 16.9 Å². The average Bonchev–Trinajstić information content (AvgIpc) is 3.42. The van der Waals surface area contributed by atoms with Crippen LogP contribution in [0, 0.1) is 0 Å². The van der Waals surface area contributed by atoms with Crippen molar-refractivity contribution >= 4 is 44.0 Å². The van der Waals surface area contributed by atoms with Crippen molar-refractivity contribution in [3.05, 3.63) is 68.7 Å². The zero-order chi connectivity index (χ0) is 21.6. The Morgan fingerprint density at radius 2 is 2.00 bits per heavy atom. The van der Waals surface area contributed by atoms with Crippen molar-refractivity contribution in [3.63, 3.8) is 0 Å². The second-order valence-electron chi connectivity index (χ2n) is 8.20. The molecule has 0 amide bonds. The molecule has 0 fully saturated rings. The largest absolute Gasteiger partial charge is 0.502 e. The fraction of sp³-hybridized carbons (Fsp3) is 0.125. The zero-order valence-corrected chi connectivity index (χ0v) is 16.7. The number of hydrogen-bond acceptors (Lipinski definition) is 5. The normalized spacial score (nSPS) is 13.6. The molecule has 156 valence electrons. The molecule has 3 N–H and O–H groups in total. The Kier molecular flexibility index (Phi) is 3.19. The van der Waals surface area contributed by atoms with Gasteiger partial charge in [0.15, 0.2) is 16.8 Å². The third-order valence-electron chi connectivity index (χ3n) is 6.44. The number of aromatic nitrogens is 4. The molecule has 0 unspecified atom stereocenters. The third-order valence-corrected chi connectivity index (χ3v) is 6.44. The number of aromatic hydroxyl groups is 1. The molecule has 4 aromatic heterocycles. The van der Waals surface area contributed by atoms with E-state index < -0.39 is 11.2 Å². The van der Waals surface area contributed by atoms with Gasteiger partial charge in [-0.1, -0.05) is 18.2 Å². The van der Waals surface area contributed by atoms with Crippen molar-refractivity contribution in [2.24, 2.45) is 0 Å². The average molecular weight is 424 g/mol. The number of nitrogens with zero attached hydrogens (tertiary/aromatic N) is 2. The number of para-hydroxylation sites is 1. The van der Waals surface area contributed by atoms with E-state index in [1.807, 2.05) is 22.8 Å². The summed E-state index contributed by atoms with van der Waals surface area (Å²) in [5, 5.41) is 18.4. The lowest BCUT2D eigenvalue weighted by Gasteiger charge is -2.20. The molecule has 0 aliphatic carbocycles. The van der Waals surface area contributed by atoms with E-state index in [-0.39, 0.29) is 11.1 Å². The summed E-state index contributed by atoms with van der Waals surface area (Å²) >= 11 is 0. The predicted octanol–water partition coefficient (Wildman–Crippen LogP) is 3.78. The number of aromatic amines is 2. The molecule has 6 aromatic rings. The van der Waals surface area contributed by atoms with Gasteiger partial charge in [0, 0.05) is 23.7 Å². The summed E-state index contributed by atoms with van der Waals surface area (Å²) in [5.41, 5.74) is 4.05. The molecule has 5 heterocycles. The minimum absolute atomic E-state index is 0.0717. The molecule has 7 rings (SSSR count). The minimum atomic E-state index is -0.528. The molecular formula is C24H16N4O4. The molecule has 0 spiro atoms. The van der Waals surface area contributed by atoms with Crippen molar-refractivity contribution in [1.82, 2.24) is 19.7 Å². The Morgan fingerprint density at radius 3 is 2.91 bits per heavy atom. The maximum absolute atomic E-state index is 13.7. The molecule has 0 saturated heterocycles. The quantitative estimate of drug-likeness (QED) is 0.371. The minimum Gasteiger partial charge on any atom is -0.502 e. The maximum atomic E-state index is 13.7. The zero-order valence-electron chi connectivity index (χ0n) is 16.7. The number of phenolic OH excluding ortho intramolecular Hbond substituents is 1. The van der Waals surface area contributed by atoms with Crippen LogP contribution in [0.25, 0.3) is 55.1 Å². The van der Waals surface area contributed by atoms with E-state index in [4.69, 9.17) is 4.42 Å². The standard InChI is InChI=1S/C24H16N4O4/c29-16-7-6-13-18-22(32-21(13)20(16)30)17(15-10-25-27-23(15)26-18)14-9-12-4-1-3-11-5-2-8-28(19(11)12)24(14)31/h1,3-4,6-7,9-10,30H,2,5,8H2,(H2,25,26,27). The Morgan fingerprint density at radius 1 is 1.09 bits per heavy atom. The number of pyridine rings is 2. The van der Waals surface area contributed by atoms with E-state index in [1.54, 1.807) is 12.3 Å². The number of nitrogens with one attached hydrogen (secondary N) is 2. The van der Waals surface area contributed by atoms with Gasteiger partial charge in [0.1, 0.15) is 5.52 Å². The molecule has 0 atom stereocenters. The van der Waals surface area contributed by atoms with E-state index in [9.17, 15) is 14.7 Å². The molecule has 1 aliphatic heterocycles. The van der Waals surface area contributed by atoms with Crippen LogP contribution >= 0.6 is 0 Å². The Labute approximate surface area is 178 Å². The first-order valence-electron chi connectivity index (χ1n) is 10.4. The number of benzene rings is 2. The van der Waals surface area contributed by atoms with Crippen LogP contribution in [0.15, 0.2) is 56.6 Å². The first-order valence-corrected chi connectivity index (χ1v) is 10.4. The molecule has 32 heavy (non-hydrogen) atoms. The summed E-state index contributed by atoms with van der Waals surface area (Å²) in [6.45, 7) is 0.650. The smallest absolute Gasteiger partial charge is 0.259 e. The van der Waals surface area contributed by atoms with Gasteiger partial charge in [-0.2, -0.15) is 0 Å². The molecule has 2 aromatic carbocycles. The molecule has 8 heteroatoms. The van der Waals surface area contributed by atoms with Crippen molar-refractivity contribution in [2.75, 3.05) is 0 Å². The van der Waals surface area contributed by atoms with Crippen LogP contribution in [0.2, 0.25) is 0 Å². The Hall–Kier alpha value is -4.33. The lowest BCUT2D eigenvalue weighted by molar-refractivity contribution is 0.464. The summed E-state index contributed by atoms with van der Waals surface area (Å²) in [6, 6.07) is 10.9. The number of furan rings is 1. The summed E-state index contributed by atoms with van der Waals surface area (Å²) in [4.78, 5) is 30.3. The SMILES string of the molecule is O=c1ccc2c(oc3c(-c4cc5cccc6c5n(c4=O)CCC6)c4c[nH][nH]c4nc32)c1O. The maximum Gasteiger partial charge on any atom is 0.259 e. The van der Waals surface area contributed by atoms with Crippen LogP contribution in [-0.4, -0.2) is 24.9 Å². The Balaban J connectivity index is 1.71. The molecule has 1 aliphatic rings. The van der Waals surface area contributed by atoms with E-state index in [0.717, 1.165) is 23.7 Å². The summed E-state index contributed by atoms with van der Waals surface area (Å²) in [7, 11) is 0. The Bertz CT molecular complexity index is 1870. The summed E-state index contributed by atoms with van der Waals surface area (Å²) in [5.74, 6) is -0.461. The molecule has 8 nitrogen and oxygen atoms in total. The van der Waals surface area contributed by atoms with Gasteiger partial charge < -0.3 is 19.2 Å².